The highest BCUT2D eigenvalue weighted by molar-refractivity contribution is 5.13. The third-order valence-corrected chi connectivity index (χ3v) is 2.61. The van der Waals surface area contributed by atoms with Crippen LogP contribution in [0.2, 0.25) is 0 Å². The quantitative estimate of drug-likeness (QED) is 0.584. The summed E-state index contributed by atoms with van der Waals surface area (Å²) >= 11 is 0. The van der Waals surface area contributed by atoms with Gasteiger partial charge in [0.15, 0.2) is 0 Å². The molecular weight excluding hydrogens is 138 g/mol. The zero-order valence-electron chi connectivity index (χ0n) is 7.39. The number of likely N-dealkylation sites (N-methyl/N-ethyl adjacent to an activating group) is 2. The maximum Gasteiger partial charge on any atom is 0.120 e. The van der Waals surface area contributed by atoms with E-state index in [1.807, 2.05) is 7.05 Å². The third kappa shape index (κ3) is 1.37. The standard InChI is InChI=1S/C8H15N3/c1-7-4-8(5-9,10-2)6-11(7)3/h7,10H,4,6H2,1-3H3. The van der Waals surface area contributed by atoms with Crippen molar-refractivity contribution in [3.8, 4) is 6.07 Å². The highest BCUT2D eigenvalue weighted by atomic mass is 15.2. The summed E-state index contributed by atoms with van der Waals surface area (Å²) in [5, 5.41) is 12.0. The van der Waals surface area contributed by atoms with Crippen molar-refractivity contribution in [3.05, 3.63) is 0 Å². The second-order valence-corrected chi connectivity index (χ2v) is 3.41. The van der Waals surface area contributed by atoms with Gasteiger partial charge >= 0.3 is 0 Å². The molecule has 3 heteroatoms. The van der Waals surface area contributed by atoms with Gasteiger partial charge in [-0.3, -0.25) is 0 Å². The Morgan fingerprint density at radius 3 is 2.55 bits per heavy atom. The monoisotopic (exact) mass is 153 g/mol. The number of hydrogen-bond donors (Lipinski definition) is 1. The summed E-state index contributed by atoms with van der Waals surface area (Å²) in [5.74, 6) is 0. The Balaban J connectivity index is 2.71. The summed E-state index contributed by atoms with van der Waals surface area (Å²) in [7, 11) is 3.91. The molecule has 0 radical (unpaired) electrons. The lowest BCUT2D eigenvalue weighted by atomic mass is 9.99. The van der Waals surface area contributed by atoms with Gasteiger partial charge in [0.25, 0.3) is 0 Å². The number of hydrogen-bond acceptors (Lipinski definition) is 3. The van der Waals surface area contributed by atoms with E-state index < -0.39 is 0 Å². The van der Waals surface area contributed by atoms with E-state index in [0.29, 0.717) is 6.04 Å². The Morgan fingerprint density at radius 1 is 1.73 bits per heavy atom. The van der Waals surface area contributed by atoms with Crippen molar-refractivity contribution >= 4 is 0 Å². The van der Waals surface area contributed by atoms with Crippen LogP contribution in [0.1, 0.15) is 13.3 Å². The number of rotatable bonds is 1. The number of nitrogens with one attached hydrogen (secondary N) is 1. The van der Waals surface area contributed by atoms with Crippen LogP contribution in [0, 0.1) is 11.3 Å². The van der Waals surface area contributed by atoms with Crippen LogP contribution in [0.5, 0.6) is 0 Å². The van der Waals surface area contributed by atoms with Crippen LogP contribution in [0.3, 0.4) is 0 Å². The molecule has 0 saturated carbocycles. The molecule has 2 atom stereocenters. The molecule has 62 valence electrons. The smallest absolute Gasteiger partial charge is 0.120 e. The summed E-state index contributed by atoms with van der Waals surface area (Å²) < 4.78 is 0. The summed E-state index contributed by atoms with van der Waals surface area (Å²) in [5.41, 5.74) is -0.297. The van der Waals surface area contributed by atoms with Crippen molar-refractivity contribution < 1.29 is 0 Å². The highest BCUT2D eigenvalue weighted by Crippen LogP contribution is 2.24. The molecule has 0 aliphatic carbocycles. The van der Waals surface area contributed by atoms with Gasteiger partial charge in [-0.15, -0.1) is 0 Å². The minimum absolute atomic E-state index is 0.297. The van der Waals surface area contributed by atoms with E-state index in [1.54, 1.807) is 0 Å². The van der Waals surface area contributed by atoms with Gasteiger partial charge in [-0.25, -0.2) is 0 Å². The van der Waals surface area contributed by atoms with Gasteiger partial charge in [0.1, 0.15) is 5.54 Å². The lowest BCUT2D eigenvalue weighted by Crippen LogP contribution is -2.43. The minimum Gasteiger partial charge on any atom is -0.301 e. The normalized spacial score (nSPS) is 38.9. The molecule has 1 rings (SSSR count). The average Bonchev–Trinajstić information content (AvgIpc) is 2.29. The van der Waals surface area contributed by atoms with E-state index in [9.17, 15) is 0 Å². The van der Waals surface area contributed by atoms with Gasteiger partial charge in [-0.2, -0.15) is 5.26 Å². The molecule has 1 aliphatic rings. The number of nitriles is 1. The van der Waals surface area contributed by atoms with E-state index in [2.05, 4.69) is 30.3 Å². The Hall–Kier alpha value is -0.590. The lowest BCUT2D eigenvalue weighted by molar-refractivity contribution is 0.322. The van der Waals surface area contributed by atoms with Crippen molar-refractivity contribution in [3.63, 3.8) is 0 Å². The topological polar surface area (TPSA) is 39.1 Å². The molecule has 11 heavy (non-hydrogen) atoms. The van der Waals surface area contributed by atoms with Crippen LogP contribution in [0.25, 0.3) is 0 Å². The van der Waals surface area contributed by atoms with Crippen molar-refractivity contribution in [1.29, 1.82) is 5.26 Å². The maximum absolute atomic E-state index is 8.91. The van der Waals surface area contributed by atoms with Crippen LogP contribution < -0.4 is 5.32 Å². The van der Waals surface area contributed by atoms with Crippen LogP contribution in [-0.2, 0) is 0 Å². The molecule has 1 aliphatic heterocycles. The predicted octanol–water partition coefficient (Wildman–Crippen LogP) is 0.192. The van der Waals surface area contributed by atoms with Crippen molar-refractivity contribution in [2.45, 2.75) is 24.9 Å². The molecule has 1 saturated heterocycles. The lowest BCUT2D eigenvalue weighted by Gasteiger charge is -2.18. The van der Waals surface area contributed by atoms with Crippen molar-refractivity contribution in [2.24, 2.45) is 0 Å². The van der Waals surface area contributed by atoms with Gasteiger partial charge in [0.2, 0.25) is 0 Å². The first-order valence-electron chi connectivity index (χ1n) is 3.94. The number of likely N-dealkylation sites (tertiary alicyclic amines) is 1. The Morgan fingerprint density at radius 2 is 2.36 bits per heavy atom. The Labute approximate surface area is 68.0 Å². The zero-order valence-corrected chi connectivity index (χ0v) is 7.39. The fourth-order valence-electron chi connectivity index (χ4n) is 1.62. The van der Waals surface area contributed by atoms with E-state index in [0.717, 1.165) is 13.0 Å². The van der Waals surface area contributed by atoms with Gasteiger partial charge in [-0.1, -0.05) is 0 Å². The SMILES string of the molecule is CNC1(C#N)CC(C)N(C)C1. The average molecular weight is 153 g/mol. The number of nitrogens with zero attached hydrogens (tertiary/aromatic N) is 2. The summed E-state index contributed by atoms with van der Waals surface area (Å²) in [6.45, 7) is 2.98. The third-order valence-electron chi connectivity index (χ3n) is 2.61. The van der Waals surface area contributed by atoms with Gasteiger partial charge in [-0.05, 0) is 27.4 Å². The largest absolute Gasteiger partial charge is 0.301 e. The van der Waals surface area contributed by atoms with E-state index in [4.69, 9.17) is 5.26 Å². The zero-order chi connectivity index (χ0) is 8.48. The molecular formula is C8H15N3. The molecule has 0 spiro atoms. The highest BCUT2D eigenvalue weighted by Gasteiger charge is 2.39. The van der Waals surface area contributed by atoms with Crippen LogP contribution >= 0.6 is 0 Å². The van der Waals surface area contributed by atoms with E-state index in [-0.39, 0.29) is 5.54 Å². The Bertz CT molecular complexity index is 172. The first-order valence-corrected chi connectivity index (χ1v) is 3.94. The first-order chi connectivity index (χ1) is 5.13. The summed E-state index contributed by atoms with van der Waals surface area (Å²) in [4.78, 5) is 2.21. The molecule has 3 nitrogen and oxygen atoms in total. The van der Waals surface area contributed by atoms with Gasteiger partial charge in [0.05, 0.1) is 6.07 Å². The molecule has 0 aromatic heterocycles. The first kappa shape index (κ1) is 8.51. The van der Waals surface area contributed by atoms with Crippen molar-refractivity contribution in [1.82, 2.24) is 10.2 Å². The predicted molar refractivity (Wildman–Crippen MR) is 44.1 cm³/mol. The fourth-order valence-corrected chi connectivity index (χ4v) is 1.62. The van der Waals surface area contributed by atoms with Gasteiger partial charge < -0.3 is 10.2 Å². The maximum atomic E-state index is 8.91. The summed E-state index contributed by atoms with van der Waals surface area (Å²) in [6, 6.07) is 2.85. The van der Waals surface area contributed by atoms with Crippen LogP contribution in [0.4, 0.5) is 0 Å². The summed E-state index contributed by atoms with van der Waals surface area (Å²) in [6.07, 6.45) is 0.927. The molecule has 0 aromatic rings. The van der Waals surface area contributed by atoms with Crippen molar-refractivity contribution in [2.75, 3.05) is 20.6 Å². The molecule has 0 amide bonds. The second kappa shape index (κ2) is 2.80. The van der Waals surface area contributed by atoms with Crippen LogP contribution in [-0.4, -0.2) is 37.1 Å². The molecule has 1 fully saturated rings. The van der Waals surface area contributed by atoms with E-state index >= 15 is 0 Å². The minimum atomic E-state index is -0.297. The molecule has 0 bridgehead atoms. The molecule has 0 aromatic carbocycles. The molecule has 1 N–H and O–H groups in total. The van der Waals surface area contributed by atoms with Crippen LogP contribution in [0.15, 0.2) is 0 Å². The second-order valence-electron chi connectivity index (χ2n) is 3.41. The van der Waals surface area contributed by atoms with E-state index in [1.165, 1.54) is 0 Å². The molecule has 2 unspecified atom stereocenters. The van der Waals surface area contributed by atoms with Gasteiger partial charge in [0, 0.05) is 12.6 Å². The Kier molecular flexibility index (Phi) is 2.17. The fraction of sp³-hybridized carbons (Fsp3) is 0.875. The molecule has 1 heterocycles.